The van der Waals surface area contributed by atoms with Crippen molar-refractivity contribution in [3.8, 4) is 12.3 Å². The van der Waals surface area contributed by atoms with Gasteiger partial charge in [0.15, 0.2) is 0 Å². The maximum Gasteiger partial charge on any atom is 0.317 e. The van der Waals surface area contributed by atoms with Gasteiger partial charge in [-0.1, -0.05) is 6.92 Å². The molecular weight excluding hydrogens is 232 g/mol. The molecule has 1 fully saturated rings. The fraction of sp³-hybridized carbons (Fsp3) is 0.692. The third-order valence-corrected chi connectivity index (χ3v) is 3.23. The summed E-state index contributed by atoms with van der Waals surface area (Å²) in [6.45, 7) is 2.58. The van der Waals surface area contributed by atoms with Gasteiger partial charge in [0.25, 0.3) is 0 Å². The number of amides is 2. The Hall–Kier alpha value is -1.70. The maximum atomic E-state index is 12.0. The summed E-state index contributed by atoms with van der Waals surface area (Å²) in [5.41, 5.74) is 0. The maximum absolute atomic E-state index is 12.0. The zero-order chi connectivity index (χ0) is 13.5. The van der Waals surface area contributed by atoms with Gasteiger partial charge in [-0.15, -0.1) is 12.3 Å². The lowest BCUT2D eigenvalue weighted by Gasteiger charge is -2.26. The monoisotopic (exact) mass is 252 g/mol. The number of carboxylic acid groups (broad SMARTS) is 1. The highest BCUT2D eigenvalue weighted by atomic mass is 16.4. The number of urea groups is 1. The molecule has 5 heteroatoms. The van der Waals surface area contributed by atoms with Crippen molar-refractivity contribution in [2.75, 3.05) is 6.54 Å². The van der Waals surface area contributed by atoms with Crippen LogP contribution in [0.1, 0.15) is 39.0 Å². The molecule has 2 unspecified atom stereocenters. The molecule has 1 aliphatic heterocycles. The molecule has 1 saturated heterocycles. The van der Waals surface area contributed by atoms with Crippen LogP contribution in [0.5, 0.6) is 0 Å². The van der Waals surface area contributed by atoms with Crippen LogP contribution in [0.25, 0.3) is 0 Å². The van der Waals surface area contributed by atoms with E-state index in [0.717, 1.165) is 19.3 Å². The number of likely N-dealkylation sites (tertiary alicyclic amines) is 1. The fourth-order valence-electron chi connectivity index (χ4n) is 2.21. The highest BCUT2D eigenvalue weighted by Gasteiger charge is 2.30. The lowest BCUT2D eigenvalue weighted by Crippen LogP contribution is -2.47. The predicted octanol–water partition coefficient (Wildman–Crippen LogP) is 1.44. The summed E-state index contributed by atoms with van der Waals surface area (Å²) in [4.78, 5) is 24.4. The van der Waals surface area contributed by atoms with Crippen LogP contribution in [0.3, 0.4) is 0 Å². The van der Waals surface area contributed by atoms with E-state index in [9.17, 15) is 9.59 Å². The molecule has 2 atom stereocenters. The molecule has 0 aromatic heterocycles. The number of carboxylic acids is 1. The van der Waals surface area contributed by atoms with Gasteiger partial charge in [-0.05, 0) is 19.3 Å². The van der Waals surface area contributed by atoms with E-state index in [1.165, 1.54) is 0 Å². The van der Waals surface area contributed by atoms with Gasteiger partial charge in [-0.25, -0.2) is 4.79 Å². The van der Waals surface area contributed by atoms with Crippen LogP contribution in [-0.2, 0) is 4.79 Å². The second-order valence-corrected chi connectivity index (χ2v) is 4.55. The smallest absolute Gasteiger partial charge is 0.317 e. The molecule has 2 N–H and O–H groups in total. The van der Waals surface area contributed by atoms with Gasteiger partial charge in [0.2, 0.25) is 0 Å². The average Bonchev–Trinajstić information content (AvgIpc) is 2.75. The lowest BCUT2D eigenvalue weighted by atomic mass is 10.1. The van der Waals surface area contributed by atoms with Crippen LogP contribution in [0.4, 0.5) is 4.79 Å². The largest absolute Gasteiger partial charge is 0.481 e. The van der Waals surface area contributed by atoms with Gasteiger partial charge < -0.3 is 15.3 Å². The van der Waals surface area contributed by atoms with Crippen LogP contribution in [-0.4, -0.2) is 40.6 Å². The van der Waals surface area contributed by atoms with E-state index in [2.05, 4.69) is 11.2 Å². The van der Waals surface area contributed by atoms with Gasteiger partial charge in [-0.2, -0.15) is 0 Å². The van der Waals surface area contributed by atoms with Crippen LogP contribution in [0, 0.1) is 12.3 Å². The van der Waals surface area contributed by atoms with E-state index in [-0.39, 0.29) is 24.5 Å². The highest BCUT2D eigenvalue weighted by molar-refractivity contribution is 5.76. The molecular formula is C13H20N2O3. The Morgan fingerprint density at radius 2 is 2.33 bits per heavy atom. The molecule has 0 aromatic rings. The van der Waals surface area contributed by atoms with Gasteiger partial charge in [0.05, 0.1) is 6.42 Å². The van der Waals surface area contributed by atoms with Crippen LogP contribution in [0.2, 0.25) is 0 Å². The minimum atomic E-state index is -0.865. The number of carbonyl (C=O) groups is 2. The van der Waals surface area contributed by atoms with E-state index in [0.29, 0.717) is 13.0 Å². The van der Waals surface area contributed by atoms with E-state index < -0.39 is 5.97 Å². The molecule has 0 bridgehead atoms. The van der Waals surface area contributed by atoms with E-state index in [1.807, 2.05) is 6.92 Å². The summed E-state index contributed by atoms with van der Waals surface area (Å²) < 4.78 is 0. The minimum Gasteiger partial charge on any atom is -0.481 e. The van der Waals surface area contributed by atoms with Crippen LogP contribution in [0.15, 0.2) is 0 Å². The third kappa shape index (κ3) is 3.95. The first-order valence-corrected chi connectivity index (χ1v) is 6.30. The van der Waals surface area contributed by atoms with Crippen molar-refractivity contribution in [2.24, 2.45) is 0 Å². The molecule has 18 heavy (non-hydrogen) atoms. The zero-order valence-corrected chi connectivity index (χ0v) is 10.7. The van der Waals surface area contributed by atoms with Crippen molar-refractivity contribution in [3.63, 3.8) is 0 Å². The standard InChI is InChI=1S/C13H20N2O3/c1-3-6-10(4-2)14-13(18)15-8-5-7-11(15)9-12(16)17/h1,10-11H,4-9H2,2H3,(H,14,18)(H,16,17). The Morgan fingerprint density at radius 1 is 1.61 bits per heavy atom. The van der Waals surface area contributed by atoms with Crippen molar-refractivity contribution in [1.29, 1.82) is 0 Å². The van der Waals surface area contributed by atoms with Crippen molar-refractivity contribution < 1.29 is 14.7 Å². The molecule has 100 valence electrons. The highest BCUT2D eigenvalue weighted by Crippen LogP contribution is 2.20. The molecule has 2 amide bonds. The van der Waals surface area contributed by atoms with E-state index in [4.69, 9.17) is 11.5 Å². The van der Waals surface area contributed by atoms with Gasteiger partial charge in [0.1, 0.15) is 0 Å². The number of aliphatic carboxylic acids is 1. The van der Waals surface area contributed by atoms with Crippen molar-refractivity contribution in [3.05, 3.63) is 0 Å². The quantitative estimate of drug-likeness (QED) is 0.727. The number of carbonyl (C=O) groups excluding carboxylic acids is 1. The van der Waals surface area contributed by atoms with Crippen LogP contribution >= 0.6 is 0 Å². The number of terminal acetylenes is 1. The first kappa shape index (κ1) is 14.4. The third-order valence-electron chi connectivity index (χ3n) is 3.23. The number of nitrogens with zero attached hydrogens (tertiary/aromatic N) is 1. The molecule has 0 aliphatic carbocycles. The second-order valence-electron chi connectivity index (χ2n) is 4.55. The van der Waals surface area contributed by atoms with Crippen molar-refractivity contribution in [2.45, 2.75) is 51.1 Å². The molecule has 0 saturated carbocycles. The van der Waals surface area contributed by atoms with Gasteiger partial charge >= 0.3 is 12.0 Å². The summed E-state index contributed by atoms with van der Waals surface area (Å²) in [7, 11) is 0. The fourth-order valence-corrected chi connectivity index (χ4v) is 2.21. The second kappa shape index (κ2) is 6.90. The first-order chi connectivity index (χ1) is 8.58. The van der Waals surface area contributed by atoms with E-state index in [1.54, 1.807) is 4.90 Å². The Morgan fingerprint density at radius 3 is 2.89 bits per heavy atom. The van der Waals surface area contributed by atoms with Crippen molar-refractivity contribution >= 4 is 12.0 Å². The normalized spacial score (nSPS) is 20.2. The van der Waals surface area contributed by atoms with Gasteiger partial charge in [-0.3, -0.25) is 4.79 Å². The molecule has 1 aliphatic rings. The summed E-state index contributed by atoms with van der Waals surface area (Å²) in [5.74, 6) is 1.67. The first-order valence-electron chi connectivity index (χ1n) is 6.30. The molecule has 0 spiro atoms. The number of rotatable bonds is 5. The Bertz CT molecular complexity index is 349. The number of nitrogens with one attached hydrogen (secondary N) is 1. The summed E-state index contributed by atoms with van der Waals surface area (Å²) in [6.07, 6.45) is 8.13. The molecule has 0 aromatic carbocycles. The molecule has 1 heterocycles. The predicted molar refractivity (Wildman–Crippen MR) is 68.0 cm³/mol. The Balaban J connectivity index is 2.54. The number of hydrogen-bond donors (Lipinski definition) is 2. The minimum absolute atomic E-state index is 0.0132. The summed E-state index contributed by atoms with van der Waals surface area (Å²) in [5, 5.41) is 11.7. The number of hydrogen-bond acceptors (Lipinski definition) is 2. The Labute approximate surface area is 108 Å². The molecule has 1 rings (SSSR count). The van der Waals surface area contributed by atoms with Gasteiger partial charge in [0, 0.05) is 25.0 Å². The summed E-state index contributed by atoms with van der Waals surface area (Å²) >= 11 is 0. The Kier molecular flexibility index (Phi) is 5.50. The zero-order valence-electron chi connectivity index (χ0n) is 10.7. The van der Waals surface area contributed by atoms with Crippen molar-refractivity contribution in [1.82, 2.24) is 10.2 Å². The average molecular weight is 252 g/mol. The molecule has 0 radical (unpaired) electrons. The molecule has 5 nitrogen and oxygen atoms in total. The van der Waals surface area contributed by atoms with Crippen LogP contribution < -0.4 is 5.32 Å². The summed E-state index contributed by atoms with van der Waals surface area (Å²) in [6, 6.07) is -0.416. The van der Waals surface area contributed by atoms with E-state index >= 15 is 0 Å². The topological polar surface area (TPSA) is 69.6 Å². The lowest BCUT2D eigenvalue weighted by molar-refractivity contribution is -0.137. The SMILES string of the molecule is C#CCC(CC)NC(=O)N1CCCC1CC(=O)O.